The molecule has 4 nitrogen and oxygen atoms in total. The number of nitrogens with zero attached hydrogens (tertiary/aromatic N) is 1. The van der Waals surface area contributed by atoms with Crippen LogP contribution in [0, 0.1) is 5.92 Å². The summed E-state index contributed by atoms with van der Waals surface area (Å²) in [5, 5.41) is 3.04. The fraction of sp³-hybridized carbons (Fsp3) is 0.917. The molecule has 2 fully saturated rings. The van der Waals surface area contributed by atoms with Gasteiger partial charge >= 0.3 is 0 Å². The zero-order valence-corrected chi connectivity index (χ0v) is 10.1. The van der Waals surface area contributed by atoms with Gasteiger partial charge in [0.15, 0.2) is 0 Å². The van der Waals surface area contributed by atoms with E-state index < -0.39 is 0 Å². The van der Waals surface area contributed by atoms with E-state index in [2.05, 4.69) is 10.2 Å². The minimum atomic E-state index is 0.311. The predicted octanol–water partition coefficient (Wildman–Crippen LogP) is 0.623. The summed E-state index contributed by atoms with van der Waals surface area (Å²) in [6.45, 7) is 3.39. The quantitative estimate of drug-likeness (QED) is 0.767. The van der Waals surface area contributed by atoms with Crippen LogP contribution in [0.4, 0.5) is 0 Å². The maximum Gasteiger partial charge on any atom is 0.224 e. The van der Waals surface area contributed by atoms with Gasteiger partial charge in [-0.2, -0.15) is 0 Å². The average Bonchev–Trinajstić information content (AvgIpc) is 2.35. The molecule has 1 N–H and O–H groups in total. The third kappa shape index (κ3) is 2.55. The van der Waals surface area contributed by atoms with Crippen LogP contribution in [0.3, 0.4) is 0 Å². The van der Waals surface area contributed by atoms with Crippen LogP contribution in [-0.2, 0) is 9.53 Å². The topological polar surface area (TPSA) is 41.6 Å². The molecule has 0 aromatic heterocycles. The smallest absolute Gasteiger partial charge is 0.224 e. The van der Waals surface area contributed by atoms with Crippen LogP contribution < -0.4 is 5.32 Å². The Balaban J connectivity index is 1.93. The molecule has 4 heteroatoms. The second-order valence-corrected chi connectivity index (χ2v) is 4.77. The molecule has 2 heterocycles. The van der Waals surface area contributed by atoms with Crippen LogP contribution in [0.15, 0.2) is 0 Å². The van der Waals surface area contributed by atoms with Gasteiger partial charge in [-0.05, 0) is 26.3 Å². The van der Waals surface area contributed by atoms with Crippen molar-refractivity contribution in [3.63, 3.8) is 0 Å². The van der Waals surface area contributed by atoms with E-state index in [-0.39, 0.29) is 0 Å². The lowest BCUT2D eigenvalue weighted by atomic mass is 9.86. The molecule has 0 aromatic carbocycles. The fourth-order valence-electron chi connectivity index (χ4n) is 2.85. The number of rotatable bonds is 3. The number of piperidine rings is 1. The normalized spacial score (nSPS) is 29.9. The number of hydrogen-bond acceptors (Lipinski definition) is 3. The van der Waals surface area contributed by atoms with Crippen LogP contribution in [0.5, 0.6) is 0 Å². The van der Waals surface area contributed by atoms with Crippen molar-refractivity contribution in [2.75, 3.05) is 33.4 Å². The molecular weight excluding hydrogens is 204 g/mol. The Hall–Kier alpha value is -0.610. The molecule has 0 spiro atoms. The number of amides is 1. The van der Waals surface area contributed by atoms with E-state index in [1.165, 1.54) is 6.42 Å². The highest BCUT2D eigenvalue weighted by molar-refractivity contribution is 5.76. The minimum Gasteiger partial charge on any atom is -0.381 e. The number of carbonyl (C=O) groups is 1. The summed E-state index contributed by atoms with van der Waals surface area (Å²) in [5.74, 6) is 0.895. The third-order valence-electron chi connectivity index (χ3n) is 3.72. The Morgan fingerprint density at radius 3 is 3.19 bits per heavy atom. The lowest BCUT2D eigenvalue weighted by molar-refractivity contribution is -0.140. The molecule has 0 aliphatic carbocycles. The van der Waals surface area contributed by atoms with E-state index in [0.717, 1.165) is 39.1 Å². The van der Waals surface area contributed by atoms with Crippen molar-refractivity contribution < 1.29 is 9.53 Å². The molecule has 0 aromatic rings. The Kier molecular flexibility index (Phi) is 4.18. The standard InChI is InChI=1S/C12H22N2O2/c1-13-6-4-12(15)14-7-2-3-10-9-16-8-5-11(10)14/h10-11,13H,2-9H2,1H3. The molecule has 0 radical (unpaired) electrons. The highest BCUT2D eigenvalue weighted by Gasteiger charge is 2.35. The van der Waals surface area contributed by atoms with Crippen molar-refractivity contribution >= 4 is 5.91 Å². The Morgan fingerprint density at radius 2 is 2.38 bits per heavy atom. The zero-order chi connectivity index (χ0) is 11.4. The summed E-state index contributed by atoms with van der Waals surface area (Å²) < 4.78 is 5.50. The summed E-state index contributed by atoms with van der Waals surface area (Å²) in [7, 11) is 1.89. The maximum atomic E-state index is 12.1. The first-order chi connectivity index (χ1) is 7.83. The van der Waals surface area contributed by atoms with E-state index in [1.54, 1.807) is 0 Å². The van der Waals surface area contributed by atoms with E-state index in [1.807, 2.05) is 7.05 Å². The molecule has 92 valence electrons. The van der Waals surface area contributed by atoms with Crippen molar-refractivity contribution in [1.82, 2.24) is 10.2 Å². The second-order valence-electron chi connectivity index (χ2n) is 4.77. The van der Waals surface area contributed by atoms with Gasteiger partial charge in [-0.3, -0.25) is 4.79 Å². The van der Waals surface area contributed by atoms with Gasteiger partial charge in [0, 0.05) is 38.1 Å². The molecule has 0 saturated carbocycles. The zero-order valence-electron chi connectivity index (χ0n) is 10.1. The van der Waals surface area contributed by atoms with Gasteiger partial charge in [-0.25, -0.2) is 0 Å². The van der Waals surface area contributed by atoms with Gasteiger partial charge in [0.1, 0.15) is 0 Å². The van der Waals surface area contributed by atoms with Crippen molar-refractivity contribution in [1.29, 1.82) is 0 Å². The van der Waals surface area contributed by atoms with Gasteiger partial charge in [0.2, 0.25) is 5.91 Å². The number of carbonyl (C=O) groups excluding carboxylic acids is 1. The van der Waals surface area contributed by atoms with E-state index in [0.29, 0.717) is 24.3 Å². The molecule has 2 aliphatic rings. The largest absolute Gasteiger partial charge is 0.381 e. The SMILES string of the molecule is CNCCC(=O)N1CCCC2COCCC21. The van der Waals surface area contributed by atoms with Gasteiger partial charge in [0.05, 0.1) is 6.61 Å². The first kappa shape index (κ1) is 11.9. The van der Waals surface area contributed by atoms with Crippen molar-refractivity contribution in [3.05, 3.63) is 0 Å². The fourth-order valence-corrected chi connectivity index (χ4v) is 2.85. The van der Waals surface area contributed by atoms with Gasteiger partial charge < -0.3 is 15.0 Å². The van der Waals surface area contributed by atoms with Crippen LogP contribution in [0.1, 0.15) is 25.7 Å². The molecule has 0 bridgehead atoms. The molecule has 2 saturated heterocycles. The lowest BCUT2D eigenvalue weighted by Gasteiger charge is -2.44. The maximum absolute atomic E-state index is 12.1. The highest BCUT2D eigenvalue weighted by Crippen LogP contribution is 2.29. The summed E-state index contributed by atoms with van der Waals surface area (Å²) in [6, 6.07) is 0.451. The summed E-state index contributed by atoms with van der Waals surface area (Å²) in [4.78, 5) is 14.2. The summed E-state index contributed by atoms with van der Waals surface area (Å²) in [5.41, 5.74) is 0. The minimum absolute atomic E-state index is 0.311. The molecule has 16 heavy (non-hydrogen) atoms. The van der Waals surface area contributed by atoms with Crippen molar-refractivity contribution in [3.8, 4) is 0 Å². The predicted molar refractivity (Wildman–Crippen MR) is 62.2 cm³/mol. The van der Waals surface area contributed by atoms with Crippen LogP contribution in [-0.4, -0.2) is 50.2 Å². The highest BCUT2D eigenvalue weighted by atomic mass is 16.5. The number of fused-ring (bicyclic) bond motifs is 1. The lowest BCUT2D eigenvalue weighted by Crippen LogP contribution is -2.52. The number of nitrogens with one attached hydrogen (secondary N) is 1. The molecular formula is C12H22N2O2. The second kappa shape index (κ2) is 5.64. The van der Waals surface area contributed by atoms with Gasteiger partial charge in [0.25, 0.3) is 0 Å². The molecule has 2 atom stereocenters. The average molecular weight is 226 g/mol. The Bertz CT molecular complexity index is 243. The summed E-state index contributed by atoms with van der Waals surface area (Å²) in [6.07, 6.45) is 4.01. The first-order valence-corrected chi connectivity index (χ1v) is 6.34. The first-order valence-electron chi connectivity index (χ1n) is 6.34. The number of likely N-dealkylation sites (tertiary alicyclic amines) is 1. The molecule has 1 amide bonds. The molecule has 2 rings (SSSR count). The van der Waals surface area contributed by atoms with E-state index in [4.69, 9.17) is 4.74 Å². The summed E-state index contributed by atoms with van der Waals surface area (Å²) >= 11 is 0. The van der Waals surface area contributed by atoms with E-state index >= 15 is 0 Å². The van der Waals surface area contributed by atoms with Crippen LogP contribution in [0.2, 0.25) is 0 Å². The van der Waals surface area contributed by atoms with Gasteiger partial charge in [-0.1, -0.05) is 0 Å². The monoisotopic (exact) mass is 226 g/mol. The van der Waals surface area contributed by atoms with Crippen LogP contribution >= 0.6 is 0 Å². The number of hydrogen-bond donors (Lipinski definition) is 1. The number of ether oxygens (including phenoxy) is 1. The van der Waals surface area contributed by atoms with Crippen molar-refractivity contribution in [2.45, 2.75) is 31.7 Å². The van der Waals surface area contributed by atoms with E-state index in [9.17, 15) is 4.79 Å². The Labute approximate surface area is 97.3 Å². The van der Waals surface area contributed by atoms with Crippen molar-refractivity contribution in [2.24, 2.45) is 5.92 Å². The van der Waals surface area contributed by atoms with Gasteiger partial charge in [-0.15, -0.1) is 0 Å². The van der Waals surface area contributed by atoms with Crippen LogP contribution in [0.25, 0.3) is 0 Å². The Morgan fingerprint density at radius 1 is 1.50 bits per heavy atom. The molecule has 2 aliphatic heterocycles. The molecule has 2 unspecified atom stereocenters. The third-order valence-corrected chi connectivity index (χ3v) is 3.72.